The summed E-state index contributed by atoms with van der Waals surface area (Å²) in [6.45, 7) is 11.6. The van der Waals surface area contributed by atoms with E-state index in [0.29, 0.717) is 29.1 Å². The third-order valence-corrected chi connectivity index (χ3v) is 7.55. The molecule has 1 heterocycles. The van der Waals surface area contributed by atoms with Crippen LogP contribution in [-0.2, 0) is 19.6 Å². The Morgan fingerprint density at radius 2 is 1.88 bits per heavy atom. The smallest absolute Gasteiger partial charge is 0.240 e. The number of nitrogens with one attached hydrogen (secondary N) is 1. The van der Waals surface area contributed by atoms with Crippen LogP contribution >= 0.6 is 0 Å². The highest BCUT2D eigenvalue weighted by atomic mass is 32.2. The molecule has 1 aromatic rings. The number of aliphatic hydroxyl groups is 1. The molecule has 33 heavy (non-hydrogen) atoms. The summed E-state index contributed by atoms with van der Waals surface area (Å²) in [5.41, 5.74) is 2.21. The summed E-state index contributed by atoms with van der Waals surface area (Å²) >= 11 is 0. The van der Waals surface area contributed by atoms with Crippen molar-refractivity contribution < 1.29 is 23.1 Å². The SMILES string of the molecule is C=C(/C=C1\C(=C)N(C(C)=O)C(C)CN1C(=O)C1CCC1)c1ccc(S(=O)(=O)NCCO)cc1. The quantitative estimate of drug-likeness (QED) is 0.632. The lowest BCUT2D eigenvalue weighted by Gasteiger charge is -2.44. The summed E-state index contributed by atoms with van der Waals surface area (Å²) in [7, 11) is -3.72. The van der Waals surface area contributed by atoms with Crippen molar-refractivity contribution in [3.8, 4) is 0 Å². The van der Waals surface area contributed by atoms with E-state index in [0.717, 1.165) is 19.3 Å². The summed E-state index contributed by atoms with van der Waals surface area (Å²) in [5.74, 6) is -0.126. The third kappa shape index (κ3) is 5.26. The fraction of sp³-hybridized carbons (Fsp3) is 0.417. The highest BCUT2D eigenvalue weighted by molar-refractivity contribution is 7.89. The van der Waals surface area contributed by atoms with Crippen molar-refractivity contribution in [2.75, 3.05) is 19.7 Å². The van der Waals surface area contributed by atoms with Gasteiger partial charge in [0.25, 0.3) is 0 Å². The van der Waals surface area contributed by atoms with Gasteiger partial charge in [0.05, 0.1) is 28.9 Å². The van der Waals surface area contributed by atoms with E-state index in [-0.39, 0.29) is 41.8 Å². The molecule has 1 saturated carbocycles. The van der Waals surface area contributed by atoms with E-state index >= 15 is 0 Å². The Morgan fingerprint density at radius 1 is 1.24 bits per heavy atom. The minimum absolute atomic E-state index is 0.0125. The molecular weight excluding hydrogens is 442 g/mol. The van der Waals surface area contributed by atoms with Gasteiger partial charge in [-0.1, -0.05) is 31.7 Å². The van der Waals surface area contributed by atoms with Crippen molar-refractivity contribution in [1.82, 2.24) is 14.5 Å². The Bertz CT molecular complexity index is 1090. The minimum atomic E-state index is -3.72. The number of allylic oxidation sites excluding steroid dienone is 2. The van der Waals surface area contributed by atoms with Gasteiger partial charge in [-0.25, -0.2) is 13.1 Å². The number of rotatable bonds is 7. The van der Waals surface area contributed by atoms with Crippen LogP contribution in [0.2, 0.25) is 0 Å². The van der Waals surface area contributed by atoms with Crippen molar-refractivity contribution in [3.63, 3.8) is 0 Å². The summed E-state index contributed by atoms with van der Waals surface area (Å²) in [6.07, 6.45) is 4.49. The molecule has 0 radical (unpaired) electrons. The van der Waals surface area contributed by atoms with Crippen LogP contribution in [0.3, 0.4) is 0 Å². The highest BCUT2D eigenvalue weighted by Gasteiger charge is 2.38. The van der Waals surface area contributed by atoms with Crippen LogP contribution in [0.15, 0.2) is 59.8 Å². The van der Waals surface area contributed by atoms with Crippen LogP contribution in [0.5, 0.6) is 0 Å². The standard InChI is InChI=1S/C24H31N3O5S/c1-16(20-8-10-22(11-9-20)33(31,32)25-12-13-28)14-23-18(3)27(19(4)29)17(2)15-26(23)24(30)21-6-5-7-21/h8-11,14,17,21,25,28H,1,3,5-7,12-13,15H2,2,4H3/b23-14+. The maximum absolute atomic E-state index is 13.1. The predicted octanol–water partition coefficient (Wildman–Crippen LogP) is 2.25. The molecule has 0 spiro atoms. The predicted molar refractivity (Wildman–Crippen MR) is 126 cm³/mol. The molecule has 0 bridgehead atoms. The molecule has 1 atom stereocenters. The zero-order valence-corrected chi connectivity index (χ0v) is 19.9. The van der Waals surface area contributed by atoms with Crippen LogP contribution in [-0.4, -0.2) is 60.9 Å². The Kier molecular flexibility index (Phi) is 7.56. The number of sulfonamides is 1. The molecule has 9 heteroatoms. The summed E-state index contributed by atoms with van der Waals surface area (Å²) in [6, 6.07) is 5.97. The molecule has 3 rings (SSSR count). The average Bonchev–Trinajstić information content (AvgIpc) is 2.72. The fourth-order valence-electron chi connectivity index (χ4n) is 4.10. The van der Waals surface area contributed by atoms with Crippen LogP contribution < -0.4 is 4.72 Å². The van der Waals surface area contributed by atoms with Crippen molar-refractivity contribution in [2.45, 2.75) is 44.0 Å². The van der Waals surface area contributed by atoms with E-state index in [1.165, 1.54) is 19.1 Å². The fourth-order valence-corrected chi connectivity index (χ4v) is 5.12. The van der Waals surface area contributed by atoms with Gasteiger partial charge in [0.1, 0.15) is 0 Å². The van der Waals surface area contributed by atoms with Gasteiger partial charge in [-0.3, -0.25) is 9.59 Å². The maximum atomic E-state index is 13.1. The molecule has 8 nitrogen and oxygen atoms in total. The molecule has 2 aliphatic rings. The van der Waals surface area contributed by atoms with Gasteiger partial charge in [0.15, 0.2) is 0 Å². The first-order valence-electron chi connectivity index (χ1n) is 11.0. The number of hydrogen-bond acceptors (Lipinski definition) is 5. The molecule has 1 saturated heterocycles. The zero-order valence-electron chi connectivity index (χ0n) is 19.1. The van der Waals surface area contributed by atoms with Crippen molar-refractivity contribution in [3.05, 3.63) is 60.5 Å². The molecule has 2 N–H and O–H groups in total. The number of nitrogens with zero attached hydrogens (tertiary/aromatic N) is 2. The van der Waals surface area contributed by atoms with E-state index in [1.807, 2.05) is 6.92 Å². The Hall–Kier alpha value is -2.75. The Balaban J connectivity index is 1.91. The number of aliphatic hydroxyl groups excluding tert-OH is 1. The van der Waals surface area contributed by atoms with E-state index < -0.39 is 10.0 Å². The summed E-state index contributed by atoms with van der Waals surface area (Å²) in [4.78, 5) is 28.7. The van der Waals surface area contributed by atoms with Crippen LogP contribution in [0.1, 0.15) is 38.7 Å². The molecule has 178 valence electrons. The monoisotopic (exact) mass is 473 g/mol. The van der Waals surface area contributed by atoms with E-state index in [2.05, 4.69) is 17.9 Å². The largest absolute Gasteiger partial charge is 0.395 e. The van der Waals surface area contributed by atoms with Crippen LogP contribution in [0, 0.1) is 5.92 Å². The van der Waals surface area contributed by atoms with E-state index in [1.54, 1.807) is 28.0 Å². The lowest BCUT2D eigenvalue weighted by atomic mass is 9.83. The van der Waals surface area contributed by atoms with Crippen LogP contribution in [0.25, 0.3) is 5.57 Å². The maximum Gasteiger partial charge on any atom is 0.240 e. The minimum Gasteiger partial charge on any atom is -0.395 e. The number of hydrogen-bond donors (Lipinski definition) is 2. The lowest BCUT2D eigenvalue weighted by Crippen LogP contribution is -2.53. The molecule has 1 aromatic carbocycles. The number of benzene rings is 1. The van der Waals surface area contributed by atoms with Crippen molar-refractivity contribution >= 4 is 27.4 Å². The normalized spacial score (nSPS) is 20.6. The first kappa shape index (κ1) is 24.9. The van der Waals surface area contributed by atoms with Gasteiger partial charge in [-0.05, 0) is 49.1 Å². The van der Waals surface area contributed by atoms with Crippen molar-refractivity contribution in [2.24, 2.45) is 5.92 Å². The third-order valence-electron chi connectivity index (χ3n) is 6.07. The molecular formula is C24H31N3O5S. The molecule has 2 fully saturated rings. The van der Waals surface area contributed by atoms with Gasteiger partial charge in [-0.2, -0.15) is 0 Å². The molecule has 2 amide bonds. The summed E-state index contributed by atoms with van der Waals surface area (Å²) < 4.78 is 26.8. The lowest BCUT2D eigenvalue weighted by molar-refractivity contribution is -0.140. The zero-order chi connectivity index (χ0) is 24.3. The van der Waals surface area contributed by atoms with Gasteiger partial charge < -0.3 is 14.9 Å². The van der Waals surface area contributed by atoms with E-state index in [9.17, 15) is 18.0 Å². The van der Waals surface area contributed by atoms with Gasteiger partial charge in [0, 0.05) is 25.9 Å². The molecule has 1 aliphatic heterocycles. The van der Waals surface area contributed by atoms with Crippen LogP contribution in [0.4, 0.5) is 0 Å². The van der Waals surface area contributed by atoms with Gasteiger partial charge in [0.2, 0.25) is 21.8 Å². The van der Waals surface area contributed by atoms with Gasteiger partial charge >= 0.3 is 0 Å². The molecule has 1 aliphatic carbocycles. The Labute approximate surface area is 195 Å². The molecule has 1 unspecified atom stereocenters. The second-order valence-corrected chi connectivity index (χ2v) is 10.2. The second kappa shape index (κ2) is 10.0. The van der Waals surface area contributed by atoms with E-state index in [4.69, 9.17) is 5.11 Å². The second-order valence-electron chi connectivity index (χ2n) is 8.46. The van der Waals surface area contributed by atoms with Gasteiger partial charge in [-0.15, -0.1) is 0 Å². The van der Waals surface area contributed by atoms with Crippen molar-refractivity contribution in [1.29, 1.82) is 0 Å². The Morgan fingerprint density at radius 3 is 2.39 bits per heavy atom. The summed E-state index contributed by atoms with van der Waals surface area (Å²) in [5, 5.41) is 8.85. The number of carbonyl (C=O) groups excluding carboxylic acids is 2. The average molecular weight is 474 g/mol. The first-order valence-corrected chi connectivity index (χ1v) is 12.5. The topological polar surface area (TPSA) is 107 Å². The highest BCUT2D eigenvalue weighted by Crippen LogP contribution is 2.35. The number of carbonyl (C=O) groups is 2. The number of amides is 2. The first-order chi connectivity index (χ1) is 15.6. The number of piperazine rings is 1. The molecule has 0 aromatic heterocycles.